The fourth-order valence-electron chi connectivity index (χ4n) is 1.72. The van der Waals surface area contributed by atoms with E-state index in [1.165, 1.54) is 9.13 Å². The molecule has 84 valence electrons. The van der Waals surface area contributed by atoms with Crippen LogP contribution in [0.2, 0.25) is 0 Å². The van der Waals surface area contributed by atoms with Crippen molar-refractivity contribution in [3.05, 3.63) is 51.6 Å². The first-order chi connectivity index (χ1) is 8.24. The zero-order valence-electron chi connectivity index (χ0n) is 9.26. The standard InChI is InChI=1S/C13H10IN3/c1-9-7-12-13(8-11(9)14)16-17(15-12)10-5-3-2-4-6-10/h2-8H,1H3. The van der Waals surface area contributed by atoms with Crippen molar-refractivity contribution in [3.8, 4) is 5.69 Å². The lowest BCUT2D eigenvalue weighted by molar-refractivity contribution is 0.765. The molecule has 1 heterocycles. The molecule has 0 atom stereocenters. The molecule has 3 rings (SSSR count). The Kier molecular flexibility index (Phi) is 2.58. The van der Waals surface area contributed by atoms with E-state index in [1.54, 1.807) is 4.80 Å². The van der Waals surface area contributed by atoms with Gasteiger partial charge in [0.2, 0.25) is 0 Å². The Balaban J connectivity index is 2.21. The molecule has 0 saturated carbocycles. The Morgan fingerprint density at radius 1 is 1.00 bits per heavy atom. The number of hydrogen-bond acceptors (Lipinski definition) is 2. The Labute approximate surface area is 113 Å². The summed E-state index contributed by atoms with van der Waals surface area (Å²) in [7, 11) is 0. The van der Waals surface area contributed by atoms with Crippen molar-refractivity contribution in [2.75, 3.05) is 0 Å². The Hall–Kier alpha value is -1.43. The Morgan fingerprint density at radius 3 is 2.35 bits per heavy atom. The van der Waals surface area contributed by atoms with Crippen molar-refractivity contribution in [1.82, 2.24) is 15.0 Å². The molecule has 2 aromatic carbocycles. The highest BCUT2D eigenvalue weighted by Gasteiger charge is 2.06. The summed E-state index contributed by atoms with van der Waals surface area (Å²) >= 11 is 2.32. The average molecular weight is 335 g/mol. The van der Waals surface area contributed by atoms with E-state index in [1.807, 2.05) is 30.3 Å². The van der Waals surface area contributed by atoms with Crippen LogP contribution in [0.25, 0.3) is 16.7 Å². The monoisotopic (exact) mass is 335 g/mol. The second kappa shape index (κ2) is 4.10. The van der Waals surface area contributed by atoms with Gasteiger partial charge in [0.05, 0.1) is 5.69 Å². The molecule has 0 radical (unpaired) electrons. The molecule has 0 fully saturated rings. The maximum atomic E-state index is 4.49. The summed E-state index contributed by atoms with van der Waals surface area (Å²) in [6.45, 7) is 2.09. The van der Waals surface area contributed by atoms with Crippen LogP contribution in [0, 0.1) is 10.5 Å². The van der Waals surface area contributed by atoms with Crippen molar-refractivity contribution in [2.45, 2.75) is 6.92 Å². The average Bonchev–Trinajstić information content (AvgIpc) is 2.74. The normalized spacial score (nSPS) is 10.9. The molecule has 4 heteroatoms. The number of hydrogen-bond donors (Lipinski definition) is 0. The summed E-state index contributed by atoms with van der Waals surface area (Å²) in [5.41, 5.74) is 4.09. The number of fused-ring (bicyclic) bond motifs is 1. The molecule has 0 N–H and O–H groups in total. The molecule has 0 aliphatic carbocycles. The third-order valence-corrected chi connectivity index (χ3v) is 3.81. The van der Waals surface area contributed by atoms with Crippen LogP contribution in [0.5, 0.6) is 0 Å². The molecular weight excluding hydrogens is 325 g/mol. The van der Waals surface area contributed by atoms with Gasteiger partial charge in [0, 0.05) is 3.57 Å². The smallest absolute Gasteiger partial charge is 0.114 e. The molecule has 0 aliphatic rings. The molecule has 0 bridgehead atoms. The van der Waals surface area contributed by atoms with Crippen molar-refractivity contribution in [3.63, 3.8) is 0 Å². The molecule has 17 heavy (non-hydrogen) atoms. The second-order valence-corrected chi connectivity index (χ2v) is 5.08. The molecule has 0 unspecified atom stereocenters. The number of aryl methyl sites for hydroxylation is 1. The van der Waals surface area contributed by atoms with Gasteiger partial charge >= 0.3 is 0 Å². The van der Waals surface area contributed by atoms with Crippen LogP contribution in [0.15, 0.2) is 42.5 Å². The number of halogens is 1. The molecule has 0 aliphatic heterocycles. The SMILES string of the molecule is Cc1cc2nn(-c3ccccc3)nc2cc1I. The maximum Gasteiger partial charge on any atom is 0.114 e. The minimum Gasteiger partial charge on any atom is -0.150 e. The first-order valence-electron chi connectivity index (χ1n) is 5.33. The first-order valence-corrected chi connectivity index (χ1v) is 6.40. The van der Waals surface area contributed by atoms with Gasteiger partial charge in [-0.2, -0.15) is 4.80 Å². The summed E-state index contributed by atoms with van der Waals surface area (Å²) in [4.78, 5) is 1.68. The van der Waals surface area contributed by atoms with Crippen LogP contribution in [-0.2, 0) is 0 Å². The predicted molar refractivity (Wildman–Crippen MR) is 76.3 cm³/mol. The first kappa shape index (κ1) is 10.7. The van der Waals surface area contributed by atoms with E-state index in [-0.39, 0.29) is 0 Å². The van der Waals surface area contributed by atoms with Crippen molar-refractivity contribution in [2.24, 2.45) is 0 Å². The van der Waals surface area contributed by atoms with Gasteiger partial charge in [-0.1, -0.05) is 18.2 Å². The number of benzene rings is 2. The summed E-state index contributed by atoms with van der Waals surface area (Å²) < 4.78 is 1.22. The third-order valence-electron chi connectivity index (χ3n) is 2.65. The number of para-hydroxylation sites is 1. The van der Waals surface area contributed by atoms with Gasteiger partial charge in [0.15, 0.2) is 0 Å². The largest absolute Gasteiger partial charge is 0.150 e. The van der Waals surface area contributed by atoms with E-state index in [0.717, 1.165) is 16.7 Å². The maximum absolute atomic E-state index is 4.49. The molecule has 0 saturated heterocycles. The zero-order chi connectivity index (χ0) is 11.8. The quantitative estimate of drug-likeness (QED) is 0.639. The van der Waals surface area contributed by atoms with Gasteiger partial charge < -0.3 is 0 Å². The molecule has 1 aromatic heterocycles. The predicted octanol–water partition coefficient (Wildman–Crippen LogP) is 3.33. The summed E-state index contributed by atoms with van der Waals surface area (Å²) in [5.74, 6) is 0. The van der Waals surface area contributed by atoms with Gasteiger partial charge in [-0.25, -0.2) is 0 Å². The lowest BCUT2D eigenvalue weighted by Gasteiger charge is -1.96. The molecular formula is C13H10IN3. The van der Waals surface area contributed by atoms with E-state index < -0.39 is 0 Å². The van der Waals surface area contributed by atoms with Crippen LogP contribution in [0.1, 0.15) is 5.56 Å². The Bertz CT molecular complexity index is 635. The van der Waals surface area contributed by atoms with Crippen LogP contribution in [0.3, 0.4) is 0 Å². The molecule has 3 aromatic rings. The Morgan fingerprint density at radius 2 is 1.65 bits per heavy atom. The minimum absolute atomic E-state index is 0.934. The van der Waals surface area contributed by atoms with Gasteiger partial charge in [-0.15, -0.1) is 10.2 Å². The molecule has 3 nitrogen and oxygen atoms in total. The van der Waals surface area contributed by atoms with E-state index in [0.29, 0.717) is 0 Å². The topological polar surface area (TPSA) is 30.7 Å². The van der Waals surface area contributed by atoms with Gasteiger partial charge in [0.25, 0.3) is 0 Å². The van der Waals surface area contributed by atoms with Crippen LogP contribution in [0.4, 0.5) is 0 Å². The van der Waals surface area contributed by atoms with Crippen LogP contribution >= 0.6 is 22.6 Å². The highest BCUT2D eigenvalue weighted by molar-refractivity contribution is 14.1. The van der Waals surface area contributed by atoms with Gasteiger partial charge in [-0.05, 0) is 59.3 Å². The highest BCUT2D eigenvalue weighted by Crippen LogP contribution is 2.19. The number of rotatable bonds is 1. The summed E-state index contributed by atoms with van der Waals surface area (Å²) in [6, 6.07) is 14.1. The lowest BCUT2D eigenvalue weighted by atomic mass is 10.2. The zero-order valence-corrected chi connectivity index (χ0v) is 11.4. The second-order valence-electron chi connectivity index (χ2n) is 3.92. The minimum atomic E-state index is 0.934. The van der Waals surface area contributed by atoms with E-state index in [4.69, 9.17) is 0 Å². The van der Waals surface area contributed by atoms with Crippen LogP contribution in [-0.4, -0.2) is 15.0 Å². The third kappa shape index (κ3) is 1.93. The summed E-state index contributed by atoms with van der Waals surface area (Å²) in [5, 5.41) is 8.97. The van der Waals surface area contributed by atoms with Crippen molar-refractivity contribution < 1.29 is 0 Å². The lowest BCUT2D eigenvalue weighted by Crippen LogP contribution is -1.97. The van der Waals surface area contributed by atoms with E-state index in [2.05, 4.69) is 51.8 Å². The molecule has 0 amide bonds. The highest BCUT2D eigenvalue weighted by atomic mass is 127. The molecule has 0 spiro atoms. The van der Waals surface area contributed by atoms with Gasteiger partial charge in [0.1, 0.15) is 11.0 Å². The van der Waals surface area contributed by atoms with Crippen molar-refractivity contribution in [1.29, 1.82) is 0 Å². The fourth-order valence-corrected chi connectivity index (χ4v) is 2.17. The fraction of sp³-hybridized carbons (Fsp3) is 0.0769. The van der Waals surface area contributed by atoms with Crippen molar-refractivity contribution >= 4 is 33.6 Å². The van der Waals surface area contributed by atoms with E-state index >= 15 is 0 Å². The van der Waals surface area contributed by atoms with Crippen LogP contribution < -0.4 is 0 Å². The number of nitrogens with zero attached hydrogens (tertiary/aromatic N) is 3. The van der Waals surface area contributed by atoms with E-state index in [9.17, 15) is 0 Å². The number of aromatic nitrogens is 3. The van der Waals surface area contributed by atoms with Gasteiger partial charge in [-0.3, -0.25) is 0 Å². The summed E-state index contributed by atoms with van der Waals surface area (Å²) in [6.07, 6.45) is 0.